The van der Waals surface area contributed by atoms with Crippen LogP contribution in [0.4, 0.5) is 5.69 Å². The number of hydrogen-bond donors (Lipinski definition) is 2. The van der Waals surface area contributed by atoms with Gasteiger partial charge in [0, 0.05) is 18.7 Å². The maximum absolute atomic E-state index is 12.5. The van der Waals surface area contributed by atoms with Crippen LogP contribution >= 0.6 is 0 Å². The van der Waals surface area contributed by atoms with Crippen LogP contribution in [0.3, 0.4) is 0 Å². The van der Waals surface area contributed by atoms with Gasteiger partial charge in [-0.05, 0) is 29.2 Å². The molecule has 0 saturated carbocycles. The first-order valence-corrected chi connectivity index (χ1v) is 9.93. The van der Waals surface area contributed by atoms with Gasteiger partial charge in [0.1, 0.15) is 12.7 Å². The van der Waals surface area contributed by atoms with Crippen molar-refractivity contribution in [3.05, 3.63) is 65.7 Å². The molecular weight excluding hydrogens is 368 g/mol. The molecule has 29 heavy (non-hydrogen) atoms. The van der Waals surface area contributed by atoms with Gasteiger partial charge in [0.05, 0.1) is 12.6 Å². The molecule has 2 amide bonds. The average molecular weight is 396 g/mol. The maximum atomic E-state index is 12.5. The van der Waals surface area contributed by atoms with Crippen molar-refractivity contribution >= 4 is 17.5 Å². The van der Waals surface area contributed by atoms with E-state index in [0.29, 0.717) is 24.6 Å². The Labute approximate surface area is 171 Å². The number of anilines is 1. The van der Waals surface area contributed by atoms with Crippen molar-refractivity contribution in [3.8, 4) is 0 Å². The summed E-state index contributed by atoms with van der Waals surface area (Å²) < 4.78 is 5.78. The van der Waals surface area contributed by atoms with Crippen LogP contribution in [0.1, 0.15) is 37.5 Å². The second-order valence-corrected chi connectivity index (χ2v) is 7.76. The number of aliphatic hydroxyl groups is 1. The van der Waals surface area contributed by atoms with Crippen LogP contribution in [0.15, 0.2) is 54.6 Å². The van der Waals surface area contributed by atoms with E-state index < -0.39 is 12.1 Å². The zero-order valence-corrected chi connectivity index (χ0v) is 16.9. The van der Waals surface area contributed by atoms with E-state index in [0.717, 1.165) is 11.1 Å². The van der Waals surface area contributed by atoms with Gasteiger partial charge in [-0.25, -0.2) is 0 Å². The number of nitrogens with one attached hydrogen (secondary N) is 1. The highest BCUT2D eigenvalue weighted by Crippen LogP contribution is 2.31. The Morgan fingerprint density at radius 3 is 2.48 bits per heavy atom. The lowest BCUT2D eigenvalue weighted by Crippen LogP contribution is -2.52. The fourth-order valence-electron chi connectivity index (χ4n) is 3.54. The molecule has 0 spiro atoms. The summed E-state index contributed by atoms with van der Waals surface area (Å²) in [7, 11) is 0. The van der Waals surface area contributed by atoms with Crippen molar-refractivity contribution in [2.75, 3.05) is 18.5 Å². The Bertz CT molecular complexity index is 821. The third-order valence-corrected chi connectivity index (χ3v) is 4.96. The molecule has 1 saturated heterocycles. The maximum Gasteiger partial charge on any atom is 0.249 e. The van der Waals surface area contributed by atoms with Crippen molar-refractivity contribution in [2.45, 2.75) is 39.0 Å². The van der Waals surface area contributed by atoms with Crippen LogP contribution in [-0.2, 0) is 20.9 Å². The van der Waals surface area contributed by atoms with Crippen LogP contribution in [0, 0.1) is 5.92 Å². The number of benzene rings is 2. The Hall–Kier alpha value is -2.70. The highest BCUT2D eigenvalue weighted by Gasteiger charge is 2.37. The molecule has 2 aromatic rings. The van der Waals surface area contributed by atoms with Crippen LogP contribution in [0.25, 0.3) is 0 Å². The van der Waals surface area contributed by atoms with E-state index in [1.165, 1.54) is 0 Å². The van der Waals surface area contributed by atoms with Crippen molar-refractivity contribution in [1.29, 1.82) is 0 Å². The van der Waals surface area contributed by atoms with Crippen LogP contribution in [0.5, 0.6) is 0 Å². The van der Waals surface area contributed by atoms with E-state index >= 15 is 0 Å². The smallest absolute Gasteiger partial charge is 0.249 e. The minimum Gasteiger partial charge on any atom is -0.394 e. The Kier molecular flexibility index (Phi) is 7.01. The third kappa shape index (κ3) is 5.43. The first-order valence-electron chi connectivity index (χ1n) is 9.93. The van der Waals surface area contributed by atoms with Crippen LogP contribution < -0.4 is 5.32 Å². The Balaban J connectivity index is 1.73. The molecule has 2 N–H and O–H groups in total. The third-order valence-electron chi connectivity index (χ3n) is 4.96. The molecule has 0 aliphatic carbocycles. The zero-order chi connectivity index (χ0) is 20.8. The lowest BCUT2D eigenvalue weighted by molar-refractivity contribution is -0.162. The molecule has 0 radical (unpaired) electrons. The predicted octanol–water partition coefficient (Wildman–Crippen LogP) is 3.13. The molecule has 0 unspecified atom stereocenters. The topological polar surface area (TPSA) is 78.9 Å². The number of ether oxygens (including phenoxy) is 1. The monoisotopic (exact) mass is 396 g/mol. The van der Waals surface area contributed by atoms with Crippen molar-refractivity contribution in [1.82, 2.24) is 4.90 Å². The summed E-state index contributed by atoms with van der Waals surface area (Å²) in [5.41, 5.74) is 2.58. The number of nitrogens with zero attached hydrogens (tertiary/aromatic N) is 1. The molecule has 1 aliphatic heterocycles. The van der Waals surface area contributed by atoms with Gasteiger partial charge in [-0.1, -0.05) is 56.3 Å². The van der Waals surface area contributed by atoms with Crippen molar-refractivity contribution in [3.63, 3.8) is 0 Å². The van der Waals surface area contributed by atoms with E-state index in [2.05, 4.69) is 5.32 Å². The van der Waals surface area contributed by atoms with Crippen LogP contribution in [0.2, 0.25) is 0 Å². The minimum absolute atomic E-state index is 0.0189. The summed E-state index contributed by atoms with van der Waals surface area (Å²) in [5.74, 6) is 0.139. The summed E-state index contributed by atoms with van der Waals surface area (Å²) in [6.45, 7) is 4.20. The fraction of sp³-hybridized carbons (Fsp3) is 0.391. The highest BCUT2D eigenvalue weighted by atomic mass is 16.5. The molecule has 2 aromatic carbocycles. The average Bonchev–Trinajstić information content (AvgIpc) is 2.70. The van der Waals surface area contributed by atoms with Gasteiger partial charge in [-0.15, -0.1) is 0 Å². The first-order chi connectivity index (χ1) is 14.0. The molecule has 3 rings (SSSR count). The fourth-order valence-corrected chi connectivity index (χ4v) is 3.54. The number of carbonyl (C=O) groups is 2. The number of rotatable bonds is 7. The quantitative estimate of drug-likeness (QED) is 0.754. The van der Waals surface area contributed by atoms with Crippen molar-refractivity contribution < 1.29 is 19.4 Å². The summed E-state index contributed by atoms with van der Waals surface area (Å²) in [6.07, 6.45) is 0.0400. The number of carbonyl (C=O) groups excluding carboxylic acids is 2. The molecule has 0 aromatic heterocycles. The second kappa shape index (κ2) is 9.67. The number of morpholine rings is 1. The van der Waals surface area contributed by atoms with E-state index in [9.17, 15) is 14.7 Å². The van der Waals surface area contributed by atoms with E-state index in [1.54, 1.807) is 4.90 Å². The summed E-state index contributed by atoms with van der Waals surface area (Å²) in [4.78, 5) is 26.1. The first kappa shape index (κ1) is 21.0. The van der Waals surface area contributed by atoms with Gasteiger partial charge in [0.2, 0.25) is 11.8 Å². The number of amides is 2. The van der Waals surface area contributed by atoms with E-state index in [4.69, 9.17) is 4.74 Å². The number of aliphatic hydroxyl groups excluding tert-OH is 1. The van der Waals surface area contributed by atoms with Gasteiger partial charge in [0.15, 0.2) is 0 Å². The van der Waals surface area contributed by atoms with E-state index in [1.807, 2.05) is 68.4 Å². The molecule has 0 bridgehead atoms. The zero-order valence-electron chi connectivity index (χ0n) is 16.9. The van der Waals surface area contributed by atoms with Gasteiger partial charge in [-0.2, -0.15) is 0 Å². The molecule has 2 atom stereocenters. The predicted molar refractivity (Wildman–Crippen MR) is 111 cm³/mol. The van der Waals surface area contributed by atoms with Crippen LogP contribution in [-0.4, -0.2) is 41.1 Å². The minimum atomic E-state index is -0.474. The molecule has 154 valence electrons. The van der Waals surface area contributed by atoms with Gasteiger partial charge < -0.3 is 20.1 Å². The molecule has 1 fully saturated rings. The second-order valence-electron chi connectivity index (χ2n) is 7.76. The SMILES string of the molecule is CC(C)CC(=O)Nc1ccc([C@H]2OCC(=O)N(Cc3ccccc3)[C@@H]2CO)cc1. The molecule has 6 heteroatoms. The normalized spacial score (nSPS) is 19.4. The van der Waals surface area contributed by atoms with E-state index in [-0.39, 0.29) is 25.0 Å². The summed E-state index contributed by atoms with van der Waals surface area (Å²) in [6, 6.07) is 16.6. The Morgan fingerprint density at radius 2 is 1.86 bits per heavy atom. The lowest BCUT2D eigenvalue weighted by atomic mass is 9.98. The highest BCUT2D eigenvalue weighted by molar-refractivity contribution is 5.90. The summed E-state index contributed by atoms with van der Waals surface area (Å²) >= 11 is 0. The van der Waals surface area contributed by atoms with Crippen molar-refractivity contribution in [2.24, 2.45) is 5.92 Å². The largest absolute Gasteiger partial charge is 0.394 e. The molecule has 6 nitrogen and oxygen atoms in total. The molecule has 1 aliphatic rings. The lowest BCUT2D eigenvalue weighted by Gasteiger charge is -2.40. The molecular formula is C23H28N2O4. The van der Waals surface area contributed by atoms with Gasteiger partial charge in [0.25, 0.3) is 0 Å². The standard InChI is InChI=1S/C23H28N2O4/c1-16(2)12-21(27)24-19-10-8-18(9-11-19)23-20(14-26)25(22(28)15-29-23)13-17-6-4-3-5-7-17/h3-11,16,20,23,26H,12-15H2,1-2H3,(H,24,27)/t20-,23-/m1/s1. The number of hydrogen-bond acceptors (Lipinski definition) is 4. The van der Waals surface area contributed by atoms with Gasteiger partial charge in [-0.3, -0.25) is 9.59 Å². The summed E-state index contributed by atoms with van der Waals surface area (Å²) in [5, 5.41) is 12.9. The van der Waals surface area contributed by atoms with Gasteiger partial charge >= 0.3 is 0 Å². The Morgan fingerprint density at radius 1 is 1.17 bits per heavy atom. The molecule has 1 heterocycles.